The smallest absolute Gasteiger partial charge is 0.188 e. The summed E-state index contributed by atoms with van der Waals surface area (Å²) in [5.41, 5.74) is 3.02. The van der Waals surface area contributed by atoms with Crippen molar-refractivity contribution in [3.05, 3.63) is 50.7 Å². The third kappa shape index (κ3) is 4.98. The van der Waals surface area contributed by atoms with Crippen LogP contribution in [0.25, 0.3) is 0 Å². The third-order valence-corrected chi connectivity index (χ3v) is 8.15. The van der Waals surface area contributed by atoms with Crippen LogP contribution in [0.3, 0.4) is 0 Å². The lowest BCUT2D eigenvalue weighted by atomic mass is 9.74. The van der Waals surface area contributed by atoms with Gasteiger partial charge in [0.15, 0.2) is 5.52 Å². The lowest BCUT2D eigenvalue weighted by Crippen LogP contribution is -2.39. The largest absolute Gasteiger partial charge is 0.488 e. The average molecular weight is 449 g/mol. The summed E-state index contributed by atoms with van der Waals surface area (Å²) >= 11 is 1.61. The molecular formula is C25H37O3PS. The van der Waals surface area contributed by atoms with Gasteiger partial charge in [0.1, 0.15) is 11.9 Å². The Bertz CT molecular complexity index is 890. The van der Waals surface area contributed by atoms with E-state index in [0.29, 0.717) is 0 Å². The van der Waals surface area contributed by atoms with Crippen molar-refractivity contribution in [1.29, 1.82) is 0 Å². The molecule has 0 saturated heterocycles. The summed E-state index contributed by atoms with van der Waals surface area (Å²) in [5.74, 6) is 0.804. The summed E-state index contributed by atoms with van der Waals surface area (Å²) in [4.78, 5) is 14.0. The molecule has 0 spiro atoms. The highest BCUT2D eigenvalue weighted by atomic mass is 32.1. The molecule has 0 aliphatic carbocycles. The van der Waals surface area contributed by atoms with Crippen LogP contribution in [0, 0.1) is 19.3 Å². The van der Waals surface area contributed by atoms with E-state index in [1.807, 2.05) is 40.7 Å². The van der Waals surface area contributed by atoms with Crippen molar-refractivity contribution in [3.8, 4) is 5.75 Å². The van der Waals surface area contributed by atoms with Gasteiger partial charge in [-0.05, 0) is 67.9 Å². The minimum atomic E-state index is -0.557. The fraction of sp³-hybridized carbons (Fsp3) is 0.560. The lowest BCUT2D eigenvalue weighted by molar-refractivity contribution is -0.0234. The fourth-order valence-electron chi connectivity index (χ4n) is 4.16. The number of aliphatic hydroxyl groups is 1. The minimum Gasteiger partial charge on any atom is -0.488 e. The molecule has 0 radical (unpaired) electrons. The number of aryl methyl sites for hydroxylation is 2. The molecule has 0 saturated carbocycles. The van der Waals surface area contributed by atoms with Gasteiger partial charge in [0, 0.05) is 10.3 Å². The zero-order chi connectivity index (χ0) is 22.9. The highest BCUT2D eigenvalue weighted by Gasteiger charge is 2.34. The molecule has 166 valence electrons. The second-order valence-electron chi connectivity index (χ2n) is 9.39. The monoisotopic (exact) mass is 448 g/mol. The number of ether oxygens (including phenoxy) is 1. The molecule has 1 aromatic carbocycles. The summed E-state index contributed by atoms with van der Waals surface area (Å²) in [6.45, 7) is 16.5. The zero-order valence-electron chi connectivity index (χ0n) is 19.6. The molecule has 0 fully saturated rings. The number of benzene rings is 1. The Labute approximate surface area is 188 Å². The van der Waals surface area contributed by atoms with E-state index in [4.69, 9.17) is 4.74 Å². The van der Waals surface area contributed by atoms with E-state index in [0.717, 1.165) is 34.6 Å². The molecule has 2 aromatic rings. The third-order valence-electron chi connectivity index (χ3n) is 6.19. The number of carbonyl (C=O) groups is 1. The maximum absolute atomic E-state index is 12.0. The Hall–Kier alpha value is -1.22. The van der Waals surface area contributed by atoms with Crippen molar-refractivity contribution in [2.24, 2.45) is 5.41 Å². The SMILES string of the molecule is CCC(CC)(c1ccc(OC(C)C(O)C(C)(C)C)c(C)c1)c1cc(C)c(C(=O)P)s1. The topological polar surface area (TPSA) is 46.5 Å². The molecular weight excluding hydrogens is 411 g/mol. The standard InChI is InChI=1S/C25H37O3PS/c1-9-25(10-2,20-14-16(4)21(30-20)23(27)29)18-11-12-19(15(3)13-18)28-17(5)22(26)24(6,7)8/h11-14,17,22,26H,9-10,29H2,1-8H3. The minimum absolute atomic E-state index is 0.0520. The molecule has 0 bridgehead atoms. The number of hydrogen-bond acceptors (Lipinski definition) is 4. The van der Waals surface area contributed by atoms with E-state index >= 15 is 0 Å². The maximum Gasteiger partial charge on any atom is 0.188 e. The Morgan fingerprint density at radius 2 is 1.73 bits per heavy atom. The van der Waals surface area contributed by atoms with Gasteiger partial charge in [-0.2, -0.15) is 0 Å². The van der Waals surface area contributed by atoms with Gasteiger partial charge in [-0.1, -0.05) is 56.0 Å². The van der Waals surface area contributed by atoms with E-state index in [9.17, 15) is 9.90 Å². The normalized spacial score (nSPS) is 14.5. The Morgan fingerprint density at radius 1 is 1.13 bits per heavy atom. The number of aliphatic hydroxyl groups excluding tert-OH is 1. The van der Waals surface area contributed by atoms with E-state index in [1.54, 1.807) is 11.3 Å². The molecule has 0 aliphatic rings. The van der Waals surface area contributed by atoms with Crippen molar-refractivity contribution < 1.29 is 14.6 Å². The summed E-state index contributed by atoms with van der Waals surface area (Å²) in [5, 5.41) is 10.5. The van der Waals surface area contributed by atoms with E-state index < -0.39 is 6.10 Å². The molecule has 1 aromatic heterocycles. The Balaban J connectivity index is 2.43. The van der Waals surface area contributed by atoms with Gasteiger partial charge in [0.2, 0.25) is 0 Å². The number of thiophene rings is 1. The van der Waals surface area contributed by atoms with Crippen molar-refractivity contribution in [2.45, 2.75) is 85.9 Å². The van der Waals surface area contributed by atoms with Crippen LogP contribution in [0.4, 0.5) is 0 Å². The lowest BCUT2D eigenvalue weighted by Gasteiger charge is -2.33. The van der Waals surface area contributed by atoms with E-state index in [1.165, 1.54) is 10.4 Å². The van der Waals surface area contributed by atoms with Gasteiger partial charge in [-0.3, -0.25) is 4.79 Å². The number of rotatable bonds is 8. The second-order valence-corrected chi connectivity index (χ2v) is 11.0. The van der Waals surface area contributed by atoms with Gasteiger partial charge < -0.3 is 9.84 Å². The van der Waals surface area contributed by atoms with E-state index in [2.05, 4.69) is 48.2 Å². The van der Waals surface area contributed by atoms with Crippen LogP contribution in [-0.4, -0.2) is 22.8 Å². The average Bonchev–Trinajstić information content (AvgIpc) is 3.06. The molecule has 5 heteroatoms. The first kappa shape index (κ1) is 25.0. The summed E-state index contributed by atoms with van der Waals surface area (Å²) in [7, 11) is 2.30. The molecule has 1 heterocycles. The van der Waals surface area contributed by atoms with Crippen molar-refractivity contribution in [3.63, 3.8) is 0 Å². The molecule has 1 N–H and O–H groups in total. The molecule has 0 amide bonds. The quantitative estimate of drug-likeness (QED) is 0.459. The highest BCUT2D eigenvalue weighted by molar-refractivity contribution is 7.43. The van der Waals surface area contributed by atoms with Crippen LogP contribution in [0.5, 0.6) is 5.75 Å². The molecule has 3 unspecified atom stereocenters. The zero-order valence-corrected chi connectivity index (χ0v) is 21.6. The number of hydrogen-bond donors (Lipinski definition) is 1. The highest BCUT2D eigenvalue weighted by Crippen LogP contribution is 2.44. The Morgan fingerprint density at radius 3 is 2.17 bits per heavy atom. The van der Waals surface area contributed by atoms with Crippen LogP contribution >= 0.6 is 20.6 Å². The summed E-state index contributed by atoms with van der Waals surface area (Å²) in [6, 6.07) is 8.55. The first-order chi connectivity index (χ1) is 13.9. The predicted octanol–water partition coefficient (Wildman–Crippen LogP) is 6.66. The maximum atomic E-state index is 12.0. The molecule has 30 heavy (non-hydrogen) atoms. The fourth-order valence-corrected chi connectivity index (χ4v) is 5.94. The Kier molecular flexibility index (Phi) is 7.94. The second kappa shape index (κ2) is 9.51. The van der Waals surface area contributed by atoms with Gasteiger partial charge in [0.25, 0.3) is 0 Å². The summed E-state index contributed by atoms with van der Waals surface area (Å²) in [6.07, 6.45) is 1.05. The van der Waals surface area contributed by atoms with Gasteiger partial charge in [0.05, 0.1) is 11.0 Å². The van der Waals surface area contributed by atoms with Crippen molar-refractivity contribution in [1.82, 2.24) is 0 Å². The van der Waals surface area contributed by atoms with Crippen molar-refractivity contribution in [2.75, 3.05) is 0 Å². The van der Waals surface area contributed by atoms with Crippen LogP contribution in [-0.2, 0) is 5.41 Å². The molecule has 3 atom stereocenters. The molecule has 2 rings (SSSR count). The van der Waals surface area contributed by atoms with E-state index in [-0.39, 0.29) is 22.5 Å². The molecule has 3 nitrogen and oxygen atoms in total. The molecule has 0 aliphatic heterocycles. The van der Waals surface area contributed by atoms with Crippen LogP contribution < -0.4 is 4.74 Å². The van der Waals surface area contributed by atoms with Crippen LogP contribution in [0.1, 0.15) is 85.6 Å². The van der Waals surface area contributed by atoms with Crippen LogP contribution in [0.2, 0.25) is 0 Å². The van der Waals surface area contributed by atoms with Crippen LogP contribution in [0.15, 0.2) is 24.3 Å². The summed E-state index contributed by atoms with van der Waals surface area (Å²) < 4.78 is 6.13. The first-order valence-corrected chi connectivity index (χ1v) is 12.1. The number of carbonyl (C=O) groups excluding carboxylic acids is 1. The van der Waals surface area contributed by atoms with Crippen molar-refractivity contribution >= 4 is 26.1 Å². The van der Waals surface area contributed by atoms with Gasteiger partial charge >= 0.3 is 0 Å². The first-order valence-electron chi connectivity index (χ1n) is 10.7. The predicted molar refractivity (Wildman–Crippen MR) is 131 cm³/mol. The van der Waals surface area contributed by atoms with Gasteiger partial charge in [-0.25, -0.2) is 0 Å². The van der Waals surface area contributed by atoms with Gasteiger partial charge in [-0.15, -0.1) is 11.3 Å².